The molecule has 11 heteroatoms. The van der Waals surface area contributed by atoms with Crippen LogP contribution >= 0.6 is 35.1 Å². The van der Waals surface area contributed by atoms with Crippen LogP contribution in [0.5, 0.6) is 5.75 Å². The number of fused-ring (bicyclic) bond motifs is 10. The molecule has 8 rings (SSSR count). The van der Waals surface area contributed by atoms with Crippen LogP contribution in [0.2, 0.25) is 5.02 Å². The van der Waals surface area contributed by atoms with Crippen molar-refractivity contribution in [3.8, 4) is 16.9 Å². The molecule has 7 aromatic rings. The van der Waals surface area contributed by atoms with Crippen LogP contribution in [-0.2, 0) is 37.8 Å². The quantitative estimate of drug-likeness (QED) is 0.168. The fraction of sp³-hybridized carbons (Fsp3) is 0.243. The molecular formula is C37H34ClN5O3S2. The standard InChI is InChI=1S/C37H34ClN5O3S2/c1-41-35-28-12-13-29(38)33(35)34-30(40-43-14-6-5-11-31(34)43)21-47-19-23-17-24(42(2)39-23)20-48-25-16-22-8-3-4-9-26(22)32(18-25)46-15-7-10-27(28)36(41)37(44)45/h3-6,8-9,11-14,16-18,37,44-45H,7,10,15,19-21H2,1-2H3. The molecular weight excluding hydrogens is 662 g/mol. The SMILES string of the molecule is Cn1nc2cc1CSc1cc(c3ccccc3c1)OCCCc1c(C(O)O)n(C)c3c(c(Cl)ccc13)-c1c(nn3ccccc13)CSC2. The lowest BCUT2D eigenvalue weighted by molar-refractivity contribution is -0.0481. The highest BCUT2D eigenvalue weighted by atomic mass is 35.5. The topological polar surface area (TPSA) is 89.7 Å². The molecule has 8 bridgehead atoms. The van der Waals surface area contributed by atoms with Crippen molar-refractivity contribution in [3.63, 3.8) is 0 Å². The number of benzene rings is 3. The fourth-order valence-corrected chi connectivity index (χ4v) is 9.02. The van der Waals surface area contributed by atoms with Gasteiger partial charge in [-0.15, -0.1) is 23.5 Å². The van der Waals surface area contributed by atoms with Gasteiger partial charge in [0.25, 0.3) is 0 Å². The van der Waals surface area contributed by atoms with Crippen LogP contribution < -0.4 is 4.74 Å². The molecule has 0 amide bonds. The van der Waals surface area contributed by atoms with Crippen LogP contribution in [0.15, 0.2) is 83.9 Å². The second-order valence-electron chi connectivity index (χ2n) is 12.1. The molecule has 48 heavy (non-hydrogen) atoms. The van der Waals surface area contributed by atoms with Gasteiger partial charge in [-0.2, -0.15) is 10.2 Å². The molecule has 1 aliphatic heterocycles. The number of thioether (sulfide) groups is 2. The van der Waals surface area contributed by atoms with Crippen molar-refractivity contribution in [2.45, 2.75) is 41.3 Å². The molecule has 0 atom stereocenters. The summed E-state index contributed by atoms with van der Waals surface area (Å²) in [7, 11) is 3.88. The molecule has 4 aromatic heterocycles. The maximum atomic E-state index is 10.7. The van der Waals surface area contributed by atoms with Crippen molar-refractivity contribution in [1.29, 1.82) is 0 Å². The third-order valence-electron chi connectivity index (χ3n) is 9.09. The van der Waals surface area contributed by atoms with Gasteiger partial charge in [0, 0.05) is 70.0 Å². The second-order valence-corrected chi connectivity index (χ2v) is 14.5. The zero-order valence-corrected chi connectivity index (χ0v) is 28.9. The first-order valence-corrected chi connectivity index (χ1v) is 18.4. The average Bonchev–Trinajstić information content (AvgIpc) is 3.72. The average molecular weight is 696 g/mol. The smallest absolute Gasteiger partial charge is 0.194 e. The van der Waals surface area contributed by atoms with Crippen LogP contribution in [0.1, 0.15) is 41.1 Å². The number of pyridine rings is 1. The first kappa shape index (κ1) is 31.3. The lowest BCUT2D eigenvalue weighted by Gasteiger charge is -2.13. The summed E-state index contributed by atoms with van der Waals surface area (Å²) in [6, 6.07) is 24.8. The van der Waals surface area contributed by atoms with Crippen LogP contribution in [0, 0.1) is 0 Å². The molecule has 0 spiro atoms. The number of rotatable bonds is 1. The van der Waals surface area contributed by atoms with Crippen LogP contribution in [0.3, 0.4) is 0 Å². The van der Waals surface area contributed by atoms with Crippen LogP contribution in [0.25, 0.3) is 38.3 Å². The largest absolute Gasteiger partial charge is 0.493 e. The monoisotopic (exact) mass is 695 g/mol. The number of aromatic nitrogens is 5. The number of nitrogens with zero attached hydrogens (tertiary/aromatic N) is 5. The van der Waals surface area contributed by atoms with E-state index in [0.717, 1.165) is 83.1 Å². The van der Waals surface area contributed by atoms with Gasteiger partial charge in [-0.3, -0.25) is 4.68 Å². The zero-order valence-electron chi connectivity index (χ0n) is 26.6. The van der Waals surface area contributed by atoms with Gasteiger partial charge in [-0.1, -0.05) is 48.0 Å². The van der Waals surface area contributed by atoms with Crippen molar-refractivity contribution < 1.29 is 14.9 Å². The Kier molecular flexibility index (Phi) is 8.38. The van der Waals surface area contributed by atoms with E-state index in [9.17, 15) is 10.2 Å². The lowest BCUT2D eigenvalue weighted by Crippen LogP contribution is -2.07. The van der Waals surface area contributed by atoms with E-state index in [4.69, 9.17) is 26.5 Å². The number of aryl methyl sites for hydroxylation is 3. The van der Waals surface area contributed by atoms with E-state index in [2.05, 4.69) is 42.5 Å². The van der Waals surface area contributed by atoms with Crippen molar-refractivity contribution in [2.75, 3.05) is 6.61 Å². The van der Waals surface area contributed by atoms with E-state index in [1.165, 1.54) is 0 Å². The van der Waals surface area contributed by atoms with E-state index < -0.39 is 6.29 Å². The Bertz CT molecular complexity index is 2330. The Labute approximate surface area is 291 Å². The van der Waals surface area contributed by atoms with Crippen molar-refractivity contribution in [3.05, 3.63) is 112 Å². The zero-order chi connectivity index (χ0) is 32.9. The predicted octanol–water partition coefficient (Wildman–Crippen LogP) is 8.07. The van der Waals surface area contributed by atoms with E-state index in [0.29, 0.717) is 35.9 Å². The summed E-state index contributed by atoms with van der Waals surface area (Å²) in [5.74, 6) is 3.01. The number of aliphatic hydroxyl groups is 2. The summed E-state index contributed by atoms with van der Waals surface area (Å²) in [6.45, 7) is 0.469. The van der Waals surface area contributed by atoms with Gasteiger partial charge in [-0.05, 0) is 60.2 Å². The molecule has 2 N–H and O–H groups in total. The van der Waals surface area contributed by atoms with E-state index >= 15 is 0 Å². The molecule has 1 aliphatic rings. The Morgan fingerprint density at radius 3 is 2.62 bits per heavy atom. The predicted molar refractivity (Wildman–Crippen MR) is 195 cm³/mol. The van der Waals surface area contributed by atoms with E-state index in [1.807, 2.05) is 64.4 Å². The number of hydrogen-bond acceptors (Lipinski definition) is 7. The second kappa shape index (κ2) is 12.8. The minimum absolute atomic E-state index is 0.456. The first-order chi connectivity index (χ1) is 23.4. The summed E-state index contributed by atoms with van der Waals surface area (Å²) in [5, 5.41) is 34.9. The molecule has 244 valence electrons. The third kappa shape index (κ3) is 5.55. The van der Waals surface area contributed by atoms with Gasteiger partial charge < -0.3 is 19.5 Å². The van der Waals surface area contributed by atoms with Crippen LogP contribution in [0.4, 0.5) is 0 Å². The minimum Gasteiger partial charge on any atom is -0.493 e. The summed E-state index contributed by atoms with van der Waals surface area (Å²) in [6.07, 6.45) is 1.57. The van der Waals surface area contributed by atoms with E-state index in [-0.39, 0.29) is 0 Å². The summed E-state index contributed by atoms with van der Waals surface area (Å²) in [5.41, 5.74) is 7.99. The highest BCUT2D eigenvalue weighted by Gasteiger charge is 2.27. The number of ether oxygens (including phenoxy) is 1. The van der Waals surface area contributed by atoms with Crippen molar-refractivity contribution >= 4 is 62.3 Å². The van der Waals surface area contributed by atoms with Crippen molar-refractivity contribution in [2.24, 2.45) is 14.1 Å². The molecule has 0 fully saturated rings. The highest BCUT2D eigenvalue weighted by Crippen LogP contribution is 2.44. The highest BCUT2D eigenvalue weighted by molar-refractivity contribution is 7.98. The molecule has 5 heterocycles. The molecule has 0 saturated carbocycles. The molecule has 0 radical (unpaired) electrons. The minimum atomic E-state index is -1.66. The van der Waals surface area contributed by atoms with Gasteiger partial charge in [0.15, 0.2) is 6.29 Å². The van der Waals surface area contributed by atoms with Crippen LogP contribution in [-0.4, -0.2) is 40.8 Å². The Balaban J connectivity index is 1.28. The molecule has 0 unspecified atom stereocenters. The van der Waals surface area contributed by atoms with Gasteiger partial charge in [0.05, 0.1) is 39.7 Å². The molecule has 3 aromatic carbocycles. The van der Waals surface area contributed by atoms with E-state index in [1.54, 1.807) is 23.5 Å². The van der Waals surface area contributed by atoms with Gasteiger partial charge >= 0.3 is 0 Å². The normalized spacial score (nSPS) is 14.5. The lowest BCUT2D eigenvalue weighted by atomic mass is 9.98. The molecule has 0 saturated heterocycles. The Hall–Kier alpha value is -3.93. The molecule has 0 aliphatic carbocycles. The maximum Gasteiger partial charge on any atom is 0.194 e. The Morgan fingerprint density at radius 2 is 1.75 bits per heavy atom. The Morgan fingerprint density at radius 1 is 0.896 bits per heavy atom. The fourth-order valence-electron chi connectivity index (χ4n) is 6.94. The molecule has 8 nitrogen and oxygen atoms in total. The van der Waals surface area contributed by atoms with Crippen molar-refractivity contribution in [1.82, 2.24) is 24.0 Å². The summed E-state index contributed by atoms with van der Waals surface area (Å²) < 4.78 is 12.2. The van der Waals surface area contributed by atoms with Gasteiger partial charge in [0.1, 0.15) is 5.75 Å². The number of aliphatic hydroxyl groups excluding tert-OH is 1. The number of halogens is 1. The summed E-state index contributed by atoms with van der Waals surface area (Å²) >= 11 is 10.6. The van der Waals surface area contributed by atoms with Gasteiger partial charge in [-0.25, -0.2) is 4.52 Å². The first-order valence-electron chi connectivity index (χ1n) is 15.9. The number of hydrogen-bond donors (Lipinski definition) is 2. The maximum absolute atomic E-state index is 10.7. The summed E-state index contributed by atoms with van der Waals surface area (Å²) in [4.78, 5) is 1.13. The third-order valence-corrected chi connectivity index (χ3v) is 11.4. The van der Waals surface area contributed by atoms with Gasteiger partial charge in [0.2, 0.25) is 0 Å².